The number of piperidine rings is 1. The molecule has 23 heavy (non-hydrogen) atoms. The summed E-state index contributed by atoms with van der Waals surface area (Å²) in [7, 11) is 0. The smallest absolute Gasteiger partial charge is 0.139 e. The van der Waals surface area contributed by atoms with Crippen molar-refractivity contribution in [2.45, 2.75) is 51.6 Å². The van der Waals surface area contributed by atoms with E-state index >= 15 is 0 Å². The number of likely N-dealkylation sites (tertiary alicyclic amines) is 1. The summed E-state index contributed by atoms with van der Waals surface area (Å²) < 4.78 is 0. The van der Waals surface area contributed by atoms with Crippen LogP contribution in [0.25, 0.3) is 10.9 Å². The third-order valence-electron chi connectivity index (χ3n) is 5.68. The van der Waals surface area contributed by atoms with Crippen LogP contribution in [0.1, 0.15) is 38.2 Å². The minimum Gasteiger partial charge on any atom is -0.356 e. The van der Waals surface area contributed by atoms with E-state index in [1.807, 2.05) is 0 Å². The maximum Gasteiger partial charge on any atom is 0.139 e. The van der Waals surface area contributed by atoms with Gasteiger partial charge in [-0.3, -0.25) is 4.90 Å². The Morgan fingerprint density at radius 1 is 1.04 bits per heavy atom. The molecular weight excluding hydrogens is 284 g/mol. The third kappa shape index (κ3) is 2.69. The Morgan fingerprint density at radius 3 is 2.61 bits per heavy atom. The summed E-state index contributed by atoms with van der Waals surface area (Å²) in [5, 5.41) is 1.19. The molecule has 0 saturated carbocycles. The van der Waals surface area contributed by atoms with Crippen LogP contribution in [0.4, 0.5) is 5.82 Å². The van der Waals surface area contributed by atoms with Crippen LogP contribution in [0.2, 0.25) is 0 Å². The SMILES string of the molecule is Cc1cccc2c(N3CCC(N4CCCC4C)CC3)ncnc12. The number of benzene rings is 1. The van der Waals surface area contributed by atoms with Crippen molar-refractivity contribution in [2.75, 3.05) is 24.5 Å². The van der Waals surface area contributed by atoms with Gasteiger partial charge in [-0.05, 0) is 57.7 Å². The van der Waals surface area contributed by atoms with Gasteiger partial charge in [-0.2, -0.15) is 0 Å². The van der Waals surface area contributed by atoms with Crippen LogP contribution in [0, 0.1) is 6.92 Å². The predicted molar refractivity (Wildman–Crippen MR) is 94.9 cm³/mol. The highest BCUT2D eigenvalue weighted by atomic mass is 15.2. The second-order valence-electron chi connectivity index (χ2n) is 7.12. The van der Waals surface area contributed by atoms with Gasteiger partial charge < -0.3 is 4.90 Å². The standard InChI is InChI=1S/C19H26N4/c1-14-5-3-7-17-18(14)20-13-21-19(17)22-11-8-16(9-12-22)23-10-4-6-15(23)2/h3,5,7,13,15-16H,4,6,8-12H2,1-2H3. The molecule has 1 aromatic heterocycles. The van der Waals surface area contributed by atoms with Gasteiger partial charge >= 0.3 is 0 Å². The first kappa shape index (κ1) is 14.9. The van der Waals surface area contributed by atoms with Crippen LogP contribution in [-0.2, 0) is 0 Å². The summed E-state index contributed by atoms with van der Waals surface area (Å²) in [6.07, 6.45) is 6.97. The molecule has 1 unspecified atom stereocenters. The zero-order valence-corrected chi connectivity index (χ0v) is 14.2. The van der Waals surface area contributed by atoms with E-state index in [9.17, 15) is 0 Å². The minimum absolute atomic E-state index is 0.763. The number of para-hydroxylation sites is 1. The number of rotatable bonds is 2. The molecule has 0 radical (unpaired) electrons. The van der Waals surface area contributed by atoms with Gasteiger partial charge in [0.2, 0.25) is 0 Å². The lowest BCUT2D eigenvalue weighted by Crippen LogP contribution is -2.46. The van der Waals surface area contributed by atoms with Crippen molar-refractivity contribution in [3.05, 3.63) is 30.1 Å². The largest absolute Gasteiger partial charge is 0.356 e. The molecule has 1 atom stereocenters. The van der Waals surface area contributed by atoms with E-state index in [1.165, 1.54) is 43.2 Å². The predicted octanol–water partition coefficient (Wildman–Crippen LogP) is 3.39. The highest BCUT2D eigenvalue weighted by Gasteiger charge is 2.31. The zero-order chi connectivity index (χ0) is 15.8. The second kappa shape index (κ2) is 6.08. The van der Waals surface area contributed by atoms with Crippen LogP contribution in [0.15, 0.2) is 24.5 Å². The van der Waals surface area contributed by atoms with Crippen molar-refractivity contribution >= 4 is 16.7 Å². The number of fused-ring (bicyclic) bond motifs is 1. The molecule has 2 saturated heterocycles. The van der Waals surface area contributed by atoms with E-state index in [-0.39, 0.29) is 0 Å². The van der Waals surface area contributed by atoms with Gasteiger partial charge in [0.25, 0.3) is 0 Å². The molecule has 2 aromatic rings. The van der Waals surface area contributed by atoms with E-state index in [4.69, 9.17) is 0 Å². The first-order valence-electron chi connectivity index (χ1n) is 8.95. The molecule has 1 aromatic carbocycles. The van der Waals surface area contributed by atoms with Crippen molar-refractivity contribution in [3.63, 3.8) is 0 Å². The highest BCUT2D eigenvalue weighted by Crippen LogP contribution is 2.30. The van der Waals surface area contributed by atoms with Crippen LogP contribution in [-0.4, -0.2) is 46.6 Å². The van der Waals surface area contributed by atoms with Crippen LogP contribution in [0.3, 0.4) is 0 Å². The first-order valence-corrected chi connectivity index (χ1v) is 8.95. The van der Waals surface area contributed by atoms with Crippen molar-refractivity contribution in [2.24, 2.45) is 0 Å². The number of hydrogen-bond donors (Lipinski definition) is 0. The Balaban J connectivity index is 1.54. The van der Waals surface area contributed by atoms with Gasteiger partial charge in [0.05, 0.1) is 5.52 Å². The number of aryl methyl sites for hydroxylation is 1. The minimum atomic E-state index is 0.763. The van der Waals surface area contributed by atoms with Crippen LogP contribution < -0.4 is 4.90 Å². The fourth-order valence-corrected chi connectivity index (χ4v) is 4.38. The lowest BCUT2D eigenvalue weighted by Gasteiger charge is -2.39. The van der Waals surface area contributed by atoms with Crippen LogP contribution in [0.5, 0.6) is 0 Å². The van der Waals surface area contributed by atoms with Crippen molar-refractivity contribution in [1.82, 2.24) is 14.9 Å². The zero-order valence-electron chi connectivity index (χ0n) is 14.2. The quantitative estimate of drug-likeness (QED) is 0.851. The summed E-state index contributed by atoms with van der Waals surface area (Å²) >= 11 is 0. The Morgan fingerprint density at radius 2 is 1.87 bits per heavy atom. The Hall–Kier alpha value is -1.68. The fourth-order valence-electron chi connectivity index (χ4n) is 4.38. The molecule has 4 heteroatoms. The molecule has 4 nitrogen and oxygen atoms in total. The average Bonchev–Trinajstić information content (AvgIpc) is 3.01. The molecule has 0 amide bonds. The maximum atomic E-state index is 4.61. The Kier molecular flexibility index (Phi) is 3.93. The van der Waals surface area contributed by atoms with Gasteiger partial charge in [0.1, 0.15) is 12.1 Å². The molecule has 3 heterocycles. The number of aromatic nitrogens is 2. The monoisotopic (exact) mass is 310 g/mol. The summed E-state index contributed by atoms with van der Waals surface area (Å²) in [5.41, 5.74) is 2.32. The molecule has 122 valence electrons. The molecule has 4 rings (SSSR count). The lowest BCUT2D eigenvalue weighted by molar-refractivity contribution is 0.163. The summed E-state index contributed by atoms with van der Waals surface area (Å²) in [4.78, 5) is 14.3. The second-order valence-corrected chi connectivity index (χ2v) is 7.12. The number of anilines is 1. The Bertz CT molecular complexity index is 691. The number of nitrogens with zero attached hydrogens (tertiary/aromatic N) is 4. The van der Waals surface area contributed by atoms with Crippen molar-refractivity contribution in [1.29, 1.82) is 0 Å². The summed E-state index contributed by atoms with van der Waals surface area (Å²) in [5.74, 6) is 1.12. The van der Waals surface area contributed by atoms with Crippen molar-refractivity contribution in [3.8, 4) is 0 Å². The van der Waals surface area contributed by atoms with E-state index in [2.05, 4.69) is 51.8 Å². The van der Waals surface area contributed by atoms with Gasteiger partial charge in [0, 0.05) is 30.6 Å². The molecule has 2 aliphatic heterocycles. The van der Waals surface area contributed by atoms with Gasteiger partial charge in [-0.25, -0.2) is 9.97 Å². The molecule has 0 spiro atoms. The molecule has 0 bridgehead atoms. The van der Waals surface area contributed by atoms with Crippen molar-refractivity contribution < 1.29 is 0 Å². The molecular formula is C19H26N4. The van der Waals surface area contributed by atoms with E-state index in [0.29, 0.717) is 0 Å². The van der Waals surface area contributed by atoms with Crippen LogP contribution >= 0.6 is 0 Å². The van der Waals surface area contributed by atoms with E-state index < -0.39 is 0 Å². The first-order chi connectivity index (χ1) is 11.2. The topological polar surface area (TPSA) is 32.3 Å². The normalized spacial score (nSPS) is 23.7. The molecule has 2 fully saturated rings. The number of hydrogen-bond acceptors (Lipinski definition) is 4. The lowest BCUT2D eigenvalue weighted by atomic mass is 10.0. The average molecular weight is 310 g/mol. The Labute approximate surface area is 138 Å². The summed E-state index contributed by atoms with van der Waals surface area (Å²) in [6.45, 7) is 8.02. The fraction of sp³-hybridized carbons (Fsp3) is 0.579. The van der Waals surface area contributed by atoms with E-state index in [0.717, 1.165) is 36.5 Å². The molecule has 0 N–H and O–H groups in total. The van der Waals surface area contributed by atoms with E-state index in [1.54, 1.807) is 6.33 Å². The van der Waals surface area contributed by atoms with Gasteiger partial charge in [-0.15, -0.1) is 0 Å². The molecule has 0 aliphatic carbocycles. The highest BCUT2D eigenvalue weighted by molar-refractivity contribution is 5.91. The third-order valence-corrected chi connectivity index (χ3v) is 5.68. The summed E-state index contributed by atoms with van der Waals surface area (Å²) in [6, 6.07) is 7.93. The molecule has 2 aliphatic rings. The maximum absolute atomic E-state index is 4.61. The van der Waals surface area contributed by atoms with Gasteiger partial charge in [0.15, 0.2) is 0 Å². The van der Waals surface area contributed by atoms with Gasteiger partial charge in [-0.1, -0.05) is 12.1 Å².